The van der Waals surface area contributed by atoms with Crippen molar-refractivity contribution < 1.29 is 4.74 Å². The molecule has 0 saturated heterocycles. The SMILES string of the molecule is COc1ncnc2c1nc(CCl)n2C1CCC(C)CC1. The molecule has 2 heterocycles. The van der Waals surface area contributed by atoms with E-state index in [0.29, 0.717) is 23.3 Å². The van der Waals surface area contributed by atoms with E-state index in [1.165, 1.54) is 19.2 Å². The van der Waals surface area contributed by atoms with Gasteiger partial charge in [0, 0.05) is 6.04 Å². The van der Waals surface area contributed by atoms with Gasteiger partial charge in [0.15, 0.2) is 11.2 Å². The molecule has 1 saturated carbocycles. The van der Waals surface area contributed by atoms with E-state index in [1.54, 1.807) is 7.11 Å². The molecule has 5 nitrogen and oxygen atoms in total. The van der Waals surface area contributed by atoms with E-state index >= 15 is 0 Å². The largest absolute Gasteiger partial charge is 0.479 e. The monoisotopic (exact) mass is 294 g/mol. The Kier molecular flexibility index (Phi) is 3.78. The number of hydrogen-bond donors (Lipinski definition) is 0. The predicted molar refractivity (Wildman–Crippen MR) is 78.1 cm³/mol. The number of nitrogens with zero attached hydrogens (tertiary/aromatic N) is 4. The highest BCUT2D eigenvalue weighted by Gasteiger charge is 2.25. The van der Waals surface area contributed by atoms with Crippen LogP contribution >= 0.6 is 11.6 Å². The molecule has 0 spiro atoms. The Hall–Kier alpha value is -1.36. The number of imidazole rings is 1. The van der Waals surface area contributed by atoms with Gasteiger partial charge in [-0.2, -0.15) is 4.98 Å². The Morgan fingerprint density at radius 2 is 2.05 bits per heavy atom. The smallest absolute Gasteiger partial charge is 0.245 e. The van der Waals surface area contributed by atoms with Crippen molar-refractivity contribution in [2.24, 2.45) is 5.92 Å². The first-order valence-electron chi connectivity index (χ1n) is 7.06. The summed E-state index contributed by atoms with van der Waals surface area (Å²) >= 11 is 6.07. The standard InChI is InChI=1S/C14H19ClN4O/c1-9-3-5-10(6-4-9)19-11(7-15)18-12-13(19)16-8-17-14(12)20-2/h8-10H,3-7H2,1-2H3. The molecule has 0 aromatic carbocycles. The normalized spacial score (nSPS) is 23.1. The lowest BCUT2D eigenvalue weighted by molar-refractivity contribution is 0.290. The molecule has 0 unspecified atom stereocenters. The molecule has 6 heteroatoms. The van der Waals surface area contributed by atoms with Crippen LogP contribution in [0.15, 0.2) is 6.33 Å². The van der Waals surface area contributed by atoms with Gasteiger partial charge in [0.1, 0.15) is 12.2 Å². The highest BCUT2D eigenvalue weighted by Crippen LogP contribution is 2.35. The third-order valence-corrected chi connectivity index (χ3v) is 4.42. The van der Waals surface area contributed by atoms with Gasteiger partial charge in [0.05, 0.1) is 13.0 Å². The minimum atomic E-state index is 0.381. The Bertz CT molecular complexity index is 604. The lowest BCUT2D eigenvalue weighted by atomic mass is 9.87. The highest BCUT2D eigenvalue weighted by molar-refractivity contribution is 6.16. The first-order chi connectivity index (χ1) is 9.74. The molecule has 0 amide bonds. The van der Waals surface area contributed by atoms with Crippen LogP contribution in [0.1, 0.15) is 44.5 Å². The molecule has 2 aromatic heterocycles. The first kappa shape index (κ1) is 13.6. The van der Waals surface area contributed by atoms with Crippen LogP contribution in [0.2, 0.25) is 0 Å². The maximum Gasteiger partial charge on any atom is 0.245 e. The van der Waals surface area contributed by atoms with Gasteiger partial charge < -0.3 is 9.30 Å². The fourth-order valence-electron chi connectivity index (χ4n) is 3.06. The Morgan fingerprint density at radius 3 is 2.70 bits per heavy atom. The Balaban J connectivity index is 2.09. The van der Waals surface area contributed by atoms with E-state index in [0.717, 1.165) is 30.2 Å². The lowest BCUT2D eigenvalue weighted by Gasteiger charge is -2.28. The fourth-order valence-corrected chi connectivity index (χ4v) is 3.25. The van der Waals surface area contributed by atoms with Crippen molar-refractivity contribution in [3.63, 3.8) is 0 Å². The summed E-state index contributed by atoms with van der Waals surface area (Å²) in [6, 6.07) is 0.435. The van der Waals surface area contributed by atoms with Crippen LogP contribution in [0.3, 0.4) is 0 Å². The maximum absolute atomic E-state index is 6.07. The minimum Gasteiger partial charge on any atom is -0.479 e. The average molecular weight is 295 g/mol. The van der Waals surface area contributed by atoms with Gasteiger partial charge in [-0.25, -0.2) is 9.97 Å². The summed E-state index contributed by atoms with van der Waals surface area (Å²) in [4.78, 5) is 13.1. The zero-order valence-electron chi connectivity index (χ0n) is 11.8. The van der Waals surface area contributed by atoms with Crippen molar-refractivity contribution in [2.75, 3.05) is 7.11 Å². The summed E-state index contributed by atoms with van der Waals surface area (Å²) in [5.41, 5.74) is 1.55. The van der Waals surface area contributed by atoms with Crippen LogP contribution < -0.4 is 4.74 Å². The molecule has 1 aliphatic carbocycles. The molecule has 0 bridgehead atoms. The fraction of sp³-hybridized carbons (Fsp3) is 0.643. The molecule has 1 aliphatic rings. The molecule has 108 valence electrons. The van der Waals surface area contributed by atoms with Crippen LogP contribution in [0.5, 0.6) is 5.88 Å². The van der Waals surface area contributed by atoms with Gasteiger partial charge in [-0.1, -0.05) is 6.92 Å². The molecule has 0 N–H and O–H groups in total. The number of rotatable bonds is 3. The summed E-state index contributed by atoms with van der Waals surface area (Å²) in [6.45, 7) is 2.32. The van der Waals surface area contributed by atoms with Gasteiger partial charge in [0.2, 0.25) is 5.88 Å². The number of aromatic nitrogens is 4. The molecule has 1 fully saturated rings. The number of methoxy groups -OCH3 is 1. The second kappa shape index (κ2) is 5.56. The average Bonchev–Trinajstić information content (AvgIpc) is 2.86. The van der Waals surface area contributed by atoms with Crippen LogP contribution in [0.4, 0.5) is 0 Å². The number of halogens is 1. The summed E-state index contributed by atoms with van der Waals surface area (Å²) in [5.74, 6) is 2.57. The van der Waals surface area contributed by atoms with E-state index in [4.69, 9.17) is 16.3 Å². The van der Waals surface area contributed by atoms with Crippen LogP contribution in [0.25, 0.3) is 11.2 Å². The predicted octanol–water partition coefficient (Wildman–Crippen LogP) is 3.32. The van der Waals surface area contributed by atoms with E-state index in [-0.39, 0.29) is 0 Å². The van der Waals surface area contributed by atoms with Gasteiger partial charge in [-0.05, 0) is 31.6 Å². The summed E-state index contributed by atoms with van der Waals surface area (Å²) in [6.07, 6.45) is 6.33. The van der Waals surface area contributed by atoms with E-state index < -0.39 is 0 Å². The first-order valence-corrected chi connectivity index (χ1v) is 7.59. The number of ether oxygens (including phenoxy) is 1. The third-order valence-electron chi connectivity index (χ3n) is 4.18. The number of alkyl halides is 1. The molecule has 3 rings (SSSR count). The second-order valence-electron chi connectivity index (χ2n) is 5.50. The van der Waals surface area contributed by atoms with Crippen molar-refractivity contribution >= 4 is 22.8 Å². The lowest BCUT2D eigenvalue weighted by Crippen LogP contribution is -2.18. The van der Waals surface area contributed by atoms with Crippen molar-refractivity contribution in [1.82, 2.24) is 19.5 Å². The van der Waals surface area contributed by atoms with Gasteiger partial charge in [-0.3, -0.25) is 0 Å². The maximum atomic E-state index is 6.07. The van der Waals surface area contributed by atoms with Gasteiger partial charge in [0.25, 0.3) is 0 Å². The van der Waals surface area contributed by atoms with Gasteiger partial charge in [-0.15, -0.1) is 11.6 Å². The van der Waals surface area contributed by atoms with Gasteiger partial charge >= 0.3 is 0 Å². The zero-order valence-corrected chi connectivity index (χ0v) is 12.6. The summed E-state index contributed by atoms with van der Waals surface area (Å²) in [5, 5.41) is 0. The third kappa shape index (κ3) is 2.24. The second-order valence-corrected chi connectivity index (χ2v) is 5.77. The van der Waals surface area contributed by atoms with E-state index in [9.17, 15) is 0 Å². The van der Waals surface area contributed by atoms with Crippen molar-refractivity contribution in [2.45, 2.75) is 44.5 Å². The topological polar surface area (TPSA) is 52.8 Å². The molecule has 20 heavy (non-hydrogen) atoms. The van der Waals surface area contributed by atoms with Crippen LogP contribution in [-0.2, 0) is 5.88 Å². The summed E-state index contributed by atoms with van der Waals surface area (Å²) in [7, 11) is 1.60. The summed E-state index contributed by atoms with van der Waals surface area (Å²) < 4.78 is 7.47. The number of hydrogen-bond acceptors (Lipinski definition) is 4. The van der Waals surface area contributed by atoms with Crippen LogP contribution in [-0.4, -0.2) is 26.6 Å². The highest BCUT2D eigenvalue weighted by atomic mass is 35.5. The molecule has 0 atom stereocenters. The van der Waals surface area contributed by atoms with Crippen molar-refractivity contribution in [3.05, 3.63) is 12.2 Å². The van der Waals surface area contributed by atoms with Crippen molar-refractivity contribution in [1.29, 1.82) is 0 Å². The van der Waals surface area contributed by atoms with E-state index in [2.05, 4.69) is 26.4 Å². The Morgan fingerprint density at radius 1 is 1.30 bits per heavy atom. The minimum absolute atomic E-state index is 0.381. The van der Waals surface area contributed by atoms with Crippen molar-refractivity contribution in [3.8, 4) is 5.88 Å². The number of fused-ring (bicyclic) bond motifs is 1. The zero-order chi connectivity index (χ0) is 14.1. The Labute approximate surface area is 123 Å². The molecular weight excluding hydrogens is 276 g/mol. The van der Waals surface area contributed by atoms with E-state index in [1.807, 2.05) is 0 Å². The molecule has 0 radical (unpaired) electrons. The molecule has 0 aliphatic heterocycles. The quantitative estimate of drug-likeness (QED) is 0.815. The van der Waals surface area contributed by atoms with Crippen LogP contribution in [0, 0.1) is 5.92 Å². The molecule has 2 aromatic rings. The molecular formula is C14H19ClN4O.